The average molecular weight is 985 g/mol. The van der Waals surface area contributed by atoms with Gasteiger partial charge in [0.1, 0.15) is 0 Å². The predicted octanol–water partition coefficient (Wildman–Crippen LogP) is 0.439. The van der Waals surface area contributed by atoms with Crippen molar-refractivity contribution in [3.8, 4) is 0 Å². The van der Waals surface area contributed by atoms with Gasteiger partial charge in [-0.05, 0) is 0 Å². The summed E-state index contributed by atoms with van der Waals surface area (Å²) >= 11 is 0. The summed E-state index contributed by atoms with van der Waals surface area (Å²) in [5, 5.41) is 8.51. The molecule has 23 heteroatoms. The summed E-state index contributed by atoms with van der Waals surface area (Å²) < 4.78 is 114. The highest BCUT2D eigenvalue weighted by Crippen LogP contribution is 1.90. The molecule has 0 aliphatic heterocycles. The smallest absolute Gasteiger partial charge is 0.305 e. The number of hydrogen-bond acceptors (Lipinski definition) is 22. The van der Waals surface area contributed by atoms with Crippen LogP contribution < -0.4 is 0 Å². The number of methoxy groups -OCH3 is 1. The van der Waals surface area contributed by atoms with E-state index in [2.05, 4.69) is 0 Å². The van der Waals surface area contributed by atoms with Gasteiger partial charge >= 0.3 is 5.97 Å². The topological polar surface area (TPSA) is 231 Å². The molecule has 0 saturated carbocycles. The highest BCUT2D eigenvalue weighted by molar-refractivity contribution is 5.66. The Kier molecular flexibility index (Phi) is 61.4. The number of carboxylic acid groups (broad SMARTS) is 1. The van der Waals surface area contributed by atoms with E-state index in [1.165, 1.54) is 0 Å². The lowest BCUT2D eigenvalue weighted by Crippen LogP contribution is -2.16. The third-order valence-electron chi connectivity index (χ3n) is 7.96. The second kappa shape index (κ2) is 62.6. The monoisotopic (exact) mass is 985 g/mol. The molecule has 0 bridgehead atoms. The van der Waals surface area contributed by atoms with Crippen LogP contribution in [0.15, 0.2) is 0 Å². The van der Waals surface area contributed by atoms with Crippen molar-refractivity contribution in [3.05, 3.63) is 0 Å². The summed E-state index contributed by atoms with van der Waals surface area (Å²) in [6.07, 6.45) is -0.00811. The van der Waals surface area contributed by atoms with Gasteiger partial charge in [0.15, 0.2) is 0 Å². The van der Waals surface area contributed by atoms with Crippen molar-refractivity contribution in [1.82, 2.24) is 0 Å². The van der Waals surface area contributed by atoms with Gasteiger partial charge in [-0.1, -0.05) is 0 Å². The molecule has 0 spiro atoms. The highest BCUT2D eigenvalue weighted by Gasteiger charge is 2.00. The van der Waals surface area contributed by atoms with E-state index >= 15 is 0 Å². The molecule has 23 nitrogen and oxygen atoms in total. The zero-order valence-electron chi connectivity index (χ0n) is 40.6. The van der Waals surface area contributed by atoms with Crippen molar-refractivity contribution in [2.45, 2.75) is 6.42 Å². The Labute approximate surface area is 399 Å². The molecule has 0 amide bonds. The third kappa shape index (κ3) is 64.6. The van der Waals surface area contributed by atoms with Crippen LogP contribution in [0.5, 0.6) is 0 Å². The maximum Gasteiger partial charge on any atom is 0.305 e. The van der Waals surface area contributed by atoms with Crippen molar-refractivity contribution in [3.63, 3.8) is 0 Å². The molecule has 0 aromatic rings. The Balaban J connectivity index is 3.07. The van der Waals surface area contributed by atoms with E-state index in [4.69, 9.17) is 105 Å². The van der Waals surface area contributed by atoms with Gasteiger partial charge in [0.05, 0.1) is 277 Å². The predicted molar refractivity (Wildman–Crippen MR) is 241 cm³/mol. The molecule has 0 rings (SSSR count). The van der Waals surface area contributed by atoms with Crippen LogP contribution in [0.25, 0.3) is 0 Å². The van der Waals surface area contributed by atoms with Crippen LogP contribution >= 0.6 is 0 Å². The minimum atomic E-state index is -0.878. The van der Waals surface area contributed by atoms with Gasteiger partial charge in [-0.15, -0.1) is 0 Å². The van der Waals surface area contributed by atoms with E-state index in [0.717, 1.165) is 0 Å². The number of ether oxygens (including phenoxy) is 21. The van der Waals surface area contributed by atoms with Crippen molar-refractivity contribution >= 4 is 5.97 Å². The second-order valence-corrected chi connectivity index (χ2v) is 13.4. The van der Waals surface area contributed by atoms with Gasteiger partial charge in [-0.2, -0.15) is 0 Å². The molecular weight excluding hydrogens is 896 g/mol. The van der Waals surface area contributed by atoms with Gasteiger partial charge in [0, 0.05) is 7.11 Å². The van der Waals surface area contributed by atoms with Crippen LogP contribution in [0.4, 0.5) is 0 Å². The summed E-state index contributed by atoms with van der Waals surface area (Å²) in [6, 6.07) is 0. The normalized spacial score (nSPS) is 11.7. The SMILES string of the molecule is COCCOCCOCCOCCOCCOCCOCCOCCOCCOCCOCCOCCOCCOCCOCCOCCOCCOCCOCCOCCOCCC(=O)O. The Bertz CT molecular complexity index is 901. The van der Waals surface area contributed by atoms with E-state index in [1.807, 2.05) is 0 Å². The molecule has 0 saturated heterocycles. The van der Waals surface area contributed by atoms with Crippen molar-refractivity contribution in [2.75, 3.05) is 278 Å². The van der Waals surface area contributed by atoms with Gasteiger partial charge in [-0.25, -0.2) is 0 Å². The van der Waals surface area contributed by atoms with Crippen LogP contribution in [0.2, 0.25) is 0 Å². The van der Waals surface area contributed by atoms with Crippen molar-refractivity contribution < 1.29 is 109 Å². The quantitative estimate of drug-likeness (QED) is 0.0815. The lowest BCUT2D eigenvalue weighted by molar-refractivity contribution is -0.138. The van der Waals surface area contributed by atoms with E-state index in [-0.39, 0.29) is 13.0 Å². The largest absolute Gasteiger partial charge is 0.481 e. The fraction of sp³-hybridized carbons (Fsp3) is 0.977. The Morgan fingerprint density at radius 1 is 0.209 bits per heavy atom. The maximum atomic E-state index is 10.4. The average Bonchev–Trinajstić information content (AvgIpc) is 3.33. The summed E-state index contributed by atoms with van der Waals surface area (Å²) in [5.41, 5.74) is 0. The molecule has 0 atom stereocenters. The van der Waals surface area contributed by atoms with Gasteiger partial charge in [0.2, 0.25) is 0 Å². The van der Waals surface area contributed by atoms with Crippen molar-refractivity contribution in [2.24, 2.45) is 0 Å². The Hall–Kier alpha value is -1.37. The lowest BCUT2D eigenvalue weighted by atomic mass is 10.5. The second-order valence-electron chi connectivity index (χ2n) is 13.4. The zero-order valence-corrected chi connectivity index (χ0v) is 40.6. The fourth-order valence-corrected chi connectivity index (χ4v) is 4.58. The molecule has 0 aromatic heterocycles. The number of carboxylic acids is 1. The number of carbonyl (C=O) groups is 1. The van der Waals surface area contributed by atoms with E-state index in [0.29, 0.717) is 264 Å². The standard InChI is InChI=1S/C44H88O23/c1-47-4-5-49-8-9-51-12-13-53-16-17-55-20-21-57-24-25-59-28-29-61-32-33-63-36-37-65-40-41-67-43-42-66-39-38-64-35-34-62-31-30-60-27-26-58-23-22-56-19-18-54-15-14-52-11-10-50-7-6-48-3-2-44(45)46/h2-43H2,1H3,(H,45,46). The molecule has 0 aromatic carbocycles. The number of aliphatic carboxylic acids is 1. The molecule has 0 aliphatic carbocycles. The molecule has 1 N–H and O–H groups in total. The van der Waals surface area contributed by atoms with E-state index in [9.17, 15) is 4.79 Å². The molecule has 0 aliphatic rings. The zero-order chi connectivity index (χ0) is 48.1. The van der Waals surface area contributed by atoms with Crippen LogP contribution in [0.3, 0.4) is 0 Å². The number of hydrogen-bond donors (Lipinski definition) is 1. The molecule has 0 radical (unpaired) electrons. The Morgan fingerprint density at radius 2 is 0.313 bits per heavy atom. The first-order chi connectivity index (χ1) is 33.3. The maximum absolute atomic E-state index is 10.4. The molecule has 0 unspecified atom stereocenters. The third-order valence-corrected chi connectivity index (χ3v) is 7.96. The first-order valence-corrected chi connectivity index (χ1v) is 23.5. The van der Waals surface area contributed by atoms with Crippen LogP contribution in [0, 0.1) is 0 Å². The van der Waals surface area contributed by atoms with Crippen LogP contribution in [-0.4, -0.2) is 289 Å². The Morgan fingerprint density at radius 3 is 0.418 bits per heavy atom. The van der Waals surface area contributed by atoms with Crippen molar-refractivity contribution in [1.29, 1.82) is 0 Å². The molecule has 402 valence electrons. The summed E-state index contributed by atoms with van der Waals surface area (Å²) in [6.45, 7) is 19.7. The first-order valence-electron chi connectivity index (χ1n) is 23.5. The summed E-state index contributed by atoms with van der Waals surface area (Å²) in [7, 11) is 1.64. The van der Waals surface area contributed by atoms with Crippen LogP contribution in [-0.2, 0) is 104 Å². The number of rotatable bonds is 63. The summed E-state index contributed by atoms with van der Waals surface area (Å²) in [4.78, 5) is 10.4. The minimum absolute atomic E-state index is 0.00811. The van der Waals surface area contributed by atoms with Crippen LogP contribution in [0.1, 0.15) is 6.42 Å². The lowest BCUT2D eigenvalue weighted by Gasteiger charge is -2.09. The highest BCUT2D eigenvalue weighted by atomic mass is 16.6. The molecular formula is C44H88O23. The summed E-state index contributed by atoms with van der Waals surface area (Å²) in [5.74, 6) is -0.878. The molecule has 0 heterocycles. The molecule has 67 heavy (non-hydrogen) atoms. The molecule has 0 fully saturated rings. The van der Waals surface area contributed by atoms with E-state index < -0.39 is 5.97 Å². The van der Waals surface area contributed by atoms with E-state index in [1.54, 1.807) is 7.11 Å². The van der Waals surface area contributed by atoms with Gasteiger partial charge < -0.3 is 105 Å². The van der Waals surface area contributed by atoms with Gasteiger partial charge in [0.25, 0.3) is 0 Å². The first kappa shape index (κ1) is 65.6. The van der Waals surface area contributed by atoms with Gasteiger partial charge in [-0.3, -0.25) is 4.79 Å². The fourth-order valence-electron chi connectivity index (χ4n) is 4.58. The minimum Gasteiger partial charge on any atom is -0.481 e.